The smallest absolute Gasteiger partial charge is 0.261 e. The molecule has 0 bridgehead atoms. The van der Waals surface area contributed by atoms with Gasteiger partial charge in [0.2, 0.25) is 0 Å². The number of nitrogens with one attached hydrogen (secondary N) is 1. The molecule has 166 valence electrons. The molecule has 4 heterocycles. The Morgan fingerprint density at radius 2 is 1.94 bits per heavy atom. The predicted octanol–water partition coefficient (Wildman–Crippen LogP) is 6.07. The summed E-state index contributed by atoms with van der Waals surface area (Å²) in [6.07, 6.45) is 2.44. The second-order valence-corrected chi connectivity index (χ2v) is 10.7. The van der Waals surface area contributed by atoms with Crippen LogP contribution in [0.15, 0.2) is 47.8 Å². The summed E-state index contributed by atoms with van der Waals surface area (Å²) in [5.74, 6) is -0.0264. The quantitative estimate of drug-likeness (QED) is 0.361. The lowest BCUT2D eigenvalue weighted by Crippen LogP contribution is -2.43. The molecule has 1 amide bonds. The molecule has 1 fully saturated rings. The van der Waals surface area contributed by atoms with E-state index in [9.17, 15) is 4.79 Å². The Morgan fingerprint density at radius 1 is 1.19 bits per heavy atom. The van der Waals surface area contributed by atoms with E-state index >= 15 is 0 Å². The van der Waals surface area contributed by atoms with Crippen LogP contribution in [-0.2, 0) is 0 Å². The molecule has 1 saturated heterocycles. The third kappa shape index (κ3) is 4.10. The molecule has 32 heavy (non-hydrogen) atoms. The molecule has 0 spiro atoms. The maximum Gasteiger partial charge on any atom is 0.261 e. The largest absolute Gasteiger partial charge is 0.347 e. The van der Waals surface area contributed by atoms with Gasteiger partial charge in [0.15, 0.2) is 0 Å². The van der Waals surface area contributed by atoms with Crippen molar-refractivity contribution in [1.82, 2.24) is 20.0 Å². The molecule has 1 N–H and O–H groups in total. The van der Waals surface area contributed by atoms with Crippen molar-refractivity contribution in [2.75, 3.05) is 13.1 Å². The van der Waals surface area contributed by atoms with Crippen LogP contribution >= 0.6 is 34.3 Å². The minimum atomic E-state index is -0.0264. The van der Waals surface area contributed by atoms with Crippen LogP contribution in [0.1, 0.15) is 46.0 Å². The van der Waals surface area contributed by atoms with Crippen LogP contribution in [0.2, 0.25) is 5.02 Å². The zero-order valence-corrected chi connectivity index (χ0v) is 20.4. The van der Waals surface area contributed by atoms with Gasteiger partial charge in [-0.2, -0.15) is 5.10 Å². The number of nitrogens with zero attached hydrogens (tertiary/aromatic N) is 3. The van der Waals surface area contributed by atoms with Crippen LogP contribution in [0.4, 0.5) is 0 Å². The second-order valence-electron chi connectivity index (χ2n) is 8.27. The van der Waals surface area contributed by atoms with Crippen LogP contribution in [0.5, 0.6) is 0 Å². The van der Waals surface area contributed by atoms with E-state index < -0.39 is 0 Å². The topological polar surface area (TPSA) is 50.2 Å². The van der Waals surface area contributed by atoms with Gasteiger partial charge in [-0.15, -0.1) is 22.7 Å². The number of aryl methyl sites for hydroxylation is 1. The van der Waals surface area contributed by atoms with Crippen molar-refractivity contribution in [3.05, 3.63) is 68.3 Å². The summed E-state index contributed by atoms with van der Waals surface area (Å²) in [4.78, 5) is 18.7. The molecule has 0 aliphatic carbocycles. The minimum Gasteiger partial charge on any atom is -0.347 e. The molecule has 5 nitrogen and oxygen atoms in total. The molecule has 1 aromatic carbocycles. The number of amides is 1. The van der Waals surface area contributed by atoms with Gasteiger partial charge in [0.05, 0.1) is 22.3 Å². The number of aromatic nitrogens is 2. The minimum absolute atomic E-state index is 0.0123. The van der Waals surface area contributed by atoms with Crippen LogP contribution in [-0.4, -0.2) is 39.7 Å². The first-order valence-corrected chi connectivity index (χ1v) is 12.9. The molecule has 2 atom stereocenters. The number of thiophene rings is 2. The van der Waals surface area contributed by atoms with Gasteiger partial charge in [-0.3, -0.25) is 9.69 Å². The first-order valence-electron chi connectivity index (χ1n) is 10.8. The van der Waals surface area contributed by atoms with Gasteiger partial charge < -0.3 is 5.32 Å². The van der Waals surface area contributed by atoms with E-state index in [4.69, 9.17) is 11.6 Å². The lowest BCUT2D eigenvalue weighted by molar-refractivity contribution is 0.0912. The second kappa shape index (κ2) is 8.98. The zero-order chi connectivity index (χ0) is 22.2. The number of rotatable bonds is 6. The Hall–Kier alpha value is -2.19. The van der Waals surface area contributed by atoms with Gasteiger partial charge >= 0.3 is 0 Å². The number of likely N-dealkylation sites (tertiary alicyclic amines) is 1. The maximum atomic E-state index is 13.3. The van der Waals surface area contributed by atoms with Crippen LogP contribution in [0, 0.1) is 6.92 Å². The number of benzene rings is 1. The number of carbonyl (C=O) groups is 1. The van der Waals surface area contributed by atoms with E-state index in [1.165, 1.54) is 29.1 Å². The van der Waals surface area contributed by atoms with E-state index in [1.54, 1.807) is 11.3 Å². The number of fused-ring (bicyclic) bond motifs is 1. The van der Waals surface area contributed by atoms with Crippen molar-refractivity contribution >= 4 is 50.4 Å². The Morgan fingerprint density at radius 3 is 2.62 bits per heavy atom. The average Bonchev–Trinajstić information content (AvgIpc) is 3.56. The van der Waals surface area contributed by atoms with Crippen molar-refractivity contribution in [1.29, 1.82) is 0 Å². The van der Waals surface area contributed by atoms with E-state index in [2.05, 4.69) is 39.8 Å². The molecule has 1 aliphatic heterocycles. The fraction of sp³-hybridized carbons (Fsp3) is 0.333. The van der Waals surface area contributed by atoms with Crippen molar-refractivity contribution in [2.45, 2.75) is 38.8 Å². The first kappa shape index (κ1) is 21.6. The predicted molar refractivity (Wildman–Crippen MR) is 133 cm³/mol. The van der Waals surface area contributed by atoms with Crippen molar-refractivity contribution in [3.63, 3.8) is 0 Å². The fourth-order valence-electron chi connectivity index (χ4n) is 4.50. The monoisotopic (exact) mass is 484 g/mol. The highest BCUT2D eigenvalue weighted by atomic mass is 35.5. The summed E-state index contributed by atoms with van der Waals surface area (Å²) in [6, 6.07) is 14.0. The molecule has 1 aliphatic rings. The molecular weight excluding hydrogens is 460 g/mol. The van der Waals surface area contributed by atoms with Gasteiger partial charge in [0.25, 0.3) is 5.91 Å². The third-order valence-electron chi connectivity index (χ3n) is 6.04. The summed E-state index contributed by atoms with van der Waals surface area (Å²) in [7, 11) is 0. The molecule has 8 heteroatoms. The standard InChI is InChI=1S/C24H25ClN4OS2/c1-15-19-14-21(32-24(19)29(27-15)18-9-7-17(25)8-10-18)23(30)26-16(2)22(20-6-5-13-31-20)28-11-3-4-12-28/h5-10,13-14,16,22H,3-4,11-12H2,1-2H3,(H,26,30)/t16-,22-/m0/s1. The van der Waals surface area contributed by atoms with E-state index in [-0.39, 0.29) is 18.0 Å². The zero-order valence-electron chi connectivity index (χ0n) is 18.0. The molecule has 4 aromatic rings. The Bertz CT molecular complexity index is 1220. The first-order chi connectivity index (χ1) is 15.5. The van der Waals surface area contributed by atoms with E-state index in [0.29, 0.717) is 9.90 Å². The van der Waals surface area contributed by atoms with Crippen molar-refractivity contribution in [3.8, 4) is 5.69 Å². The Kier molecular flexibility index (Phi) is 6.07. The summed E-state index contributed by atoms with van der Waals surface area (Å²) < 4.78 is 1.89. The summed E-state index contributed by atoms with van der Waals surface area (Å²) in [5.41, 5.74) is 1.84. The Balaban J connectivity index is 1.41. The molecule has 5 rings (SSSR count). The molecule has 0 radical (unpaired) electrons. The molecule has 3 aromatic heterocycles. The van der Waals surface area contributed by atoms with Crippen LogP contribution in [0.3, 0.4) is 0 Å². The number of hydrogen-bond donors (Lipinski definition) is 1. The molecular formula is C24H25ClN4OS2. The van der Waals surface area contributed by atoms with Gasteiger partial charge in [-0.05, 0) is 81.6 Å². The highest BCUT2D eigenvalue weighted by molar-refractivity contribution is 7.20. The summed E-state index contributed by atoms with van der Waals surface area (Å²) in [5, 5.41) is 11.8. The van der Waals surface area contributed by atoms with Crippen LogP contribution < -0.4 is 5.32 Å². The molecule has 0 saturated carbocycles. The van der Waals surface area contributed by atoms with Crippen molar-refractivity contribution < 1.29 is 4.79 Å². The van der Waals surface area contributed by atoms with E-state index in [0.717, 1.165) is 34.7 Å². The number of carbonyl (C=O) groups excluding carboxylic acids is 1. The third-order valence-corrected chi connectivity index (χ3v) is 8.35. The van der Waals surface area contributed by atoms with E-state index in [1.807, 2.05) is 41.9 Å². The maximum absolute atomic E-state index is 13.3. The van der Waals surface area contributed by atoms with Gasteiger partial charge in [-0.25, -0.2) is 4.68 Å². The normalized spacial score (nSPS) is 16.5. The Labute approximate surface area is 200 Å². The number of hydrogen-bond acceptors (Lipinski definition) is 5. The lowest BCUT2D eigenvalue weighted by atomic mass is 10.1. The number of halogens is 1. The van der Waals surface area contributed by atoms with Gasteiger partial charge in [0, 0.05) is 21.3 Å². The molecule has 0 unspecified atom stereocenters. The van der Waals surface area contributed by atoms with Crippen LogP contribution in [0.25, 0.3) is 15.9 Å². The highest BCUT2D eigenvalue weighted by Crippen LogP contribution is 2.33. The van der Waals surface area contributed by atoms with Crippen molar-refractivity contribution in [2.24, 2.45) is 0 Å². The fourth-order valence-corrected chi connectivity index (χ4v) is 6.67. The summed E-state index contributed by atoms with van der Waals surface area (Å²) >= 11 is 9.29. The average molecular weight is 485 g/mol. The van der Waals surface area contributed by atoms with Gasteiger partial charge in [0.1, 0.15) is 4.83 Å². The highest BCUT2D eigenvalue weighted by Gasteiger charge is 2.30. The summed E-state index contributed by atoms with van der Waals surface area (Å²) in [6.45, 7) is 6.27. The SMILES string of the molecule is Cc1nn(-c2ccc(Cl)cc2)c2sc(C(=O)N[C@@H](C)[C@@H](c3cccs3)N3CCCC3)cc12. The lowest BCUT2D eigenvalue weighted by Gasteiger charge is -2.32. The van der Waals surface area contributed by atoms with Gasteiger partial charge in [-0.1, -0.05) is 17.7 Å².